The Balaban J connectivity index is 1.25. The highest BCUT2D eigenvalue weighted by Crippen LogP contribution is 2.46. The summed E-state index contributed by atoms with van der Waals surface area (Å²) in [6.07, 6.45) is -0.635. The molecule has 5 unspecified atom stereocenters. The number of aliphatic hydroxyl groups is 4. The highest BCUT2D eigenvalue weighted by atomic mass is 32.2. The van der Waals surface area contributed by atoms with Gasteiger partial charge in [0.1, 0.15) is 11.4 Å². The number of aryl methyl sites for hydroxylation is 2. The first kappa shape index (κ1) is 41.4. The average molecular weight is 773 g/mol. The molecule has 13 nitrogen and oxygen atoms in total. The smallest absolute Gasteiger partial charge is 0.333 e. The van der Waals surface area contributed by atoms with Crippen molar-refractivity contribution >= 4 is 27.6 Å². The van der Waals surface area contributed by atoms with E-state index in [1.54, 1.807) is 4.90 Å². The molecular weight excluding hydrogens is 723 g/mol. The number of β-lactam (4-membered cyclic amide) rings is 1. The minimum atomic E-state index is -3.27. The van der Waals surface area contributed by atoms with Gasteiger partial charge in [-0.25, -0.2) is 22.3 Å². The monoisotopic (exact) mass is 772 g/mol. The fourth-order valence-corrected chi connectivity index (χ4v) is 7.41. The SMILES string of the molecule is CS(=O)(=O)NCCCc1ccc(N2C(=O)[C@H](CCC(O)c3ccc(F)cc3)C2c2ccc(CCC(O)(CO)COC3CC(O)C[C@@H](C(=O)O)O3)cc2)cc1. The van der Waals surface area contributed by atoms with Crippen molar-refractivity contribution in [2.75, 3.05) is 30.9 Å². The summed E-state index contributed by atoms with van der Waals surface area (Å²) in [6.45, 7) is -0.646. The van der Waals surface area contributed by atoms with Crippen LogP contribution in [0.4, 0.5) is 10.1 Å². The number of amides is 1. The van der Waals surface area contributed by atoms with E-state index in [9.17, 15) is 47.9 Å². The van der Waals surface area contributed by atoms with Crippen molar-refractivity contribution in [3.05, 3.63) is 101 Å². The van der Waals surface area contributed by atoms with Crippen LogP contribution >= 0.6 is 0 Å². The van der Waals surface area contributed by atoms with Gasteiger partial charge in [0.05, 0.1) is 43.6 Å². The van der Waals surface area contributed by atoms with E-state index in [0.717, 1.165) is 22.9 Å². The molecule has 2 heterocycles. The second kappa shape index (κ2) is 18.2. The van der Waals surface area contributed by atoms with Gasteiger partial charge in [-0.3, -0.25) is 4.79 Å². The molecule has 54 heavy (non-hydrogen) atoms. The maximum Gasteiger partial charge on any atom is 0.333 e. The number of carboxylic acid groups (broad SMARTS) is 1. The standard InChI is InChI=1S/C39H49FN2O11S/c1-54(50,51)41-20-2-3-25-6-14-30(15-7-25)42-36(32(37(42)46)16-17-33(45)27-10-12-29(40)13-11-27)28-8-4-26(5-9-28)18-19-39(49,23-43)24-52-35-22-31(44)21-34(53-35)38(47)48/h4-15,31-36,41,43-45,49H,2-3,16-24H2,1H3,(H,47,48)/t31?,32-,33?,34+,35?,36?,39?/m1/s1. The lowest BCUT2D eigenvalue weighted by Gasteiger charge is -2.48. The van der Waals surface area contributed by atoms with Gasteiger partial charge in [-0.15, -0.1) is 0 Å². The van der Waals surface area contributed by atoms with Crippen molar-refractivity contribution in [2.45, 2.75) is 87.6 Å². The summed E-state index contributed by atoms with van der Waals surface area (Å²) in [5, 5.41) is 51.2. The number of sulfonamides is 1. The lowest BCUT2D eigenvalue weighted by Crippen LogP contribution is -2.55. The molecule has 15 heteroatoms. The normalized spacial score (nSPS) is 23.4. The topological polar surface area (TPSA) is 203 Å². The quantitative estimate of drug-likeness (QED) is 0.0772. The molecule has 0 bridgehead atoms. The molecule has 2 aliphatic rings. The number of ether oxygens (including phenoxy) is 2. The van der Waals surface area contributed by atoms with Crippen molar-refractivity contribution in [3.63, 3.8) is 0 Å². The molecule has 0 aliphatic carbocycles. The van der Waals surface area contributed by atoms with Gasteiger partial charge in [-0.05, 0) is 85.0 Å². The largest absolute Gasteiger partial charge is 0.479 e. The van der Waals surface area contributed by atoms with Crippen molar-refractivity contribution in [2.24, 2.45) is 5.92 Å². The van der Waals surface area contributed by atoms with Crippen LogP contribution < -0.4 is 9.62 Å². The van der Waals surface area contributed by atoms with Crippen molar-refractivity contribution in [3.8, 4) is 0 Å². The number of nitrogens with one attached hydrogen (secondary N) is 1. The second-order valence-electron chi connectivity index (χ2n) is 14.3. The number of carbonyl (C=O) groups excluding carboxylic acids is 1. The van der Waals surface area contributed by atoms with Crippen molar-refractivity contribution in [1.29, 1.82) is 0 Å². The van der Waals surface area contributed by atoms with E-state index >= 15 is 0 Å². The number of hydrogen-bond acceptors (Lipinski definition) is 10. The Kier molecular flexibility index (Phi) is 14.0. The van der Waals surface area contributed by atoms with Crippen molar-refractivity contribution in [1.82, 2.24) is 4.72 Å². The molecular formula is C39H49FN2O11S. The van der Waals surface area contributed by atoms with Crippen LogP contribution in [0.5, 0.6) is 0 Å². The Labute approximate surface area is 314 Å². The number of aliphatic carboxylic acids is 1. The molecule has 0 radical (unpaired) electrons. The molecule has 3 aromatic carbocycles. The summed E-state index contributed by atoms with van der Waals surface area (Å²) >= 11 is 0. The van der Waals surface area contributed by atoms with Gasteiger partial charge in [0.2, 0.25) is 15.9 Å². The number of halogens is 1. The number of benzene rings is 3. The summed E-state index contributed by atoms with van der Waals surface area (Å²) in [6, 6.07) is 20.4. The second-order valence-corrected chi connectivity index (χ2v) is 16.1. The summed E-state index contributed by atoms with van der Waals surface area (Å²) in [5.41, 5.74) is 2.29. The third-order valence-electron chi connectivity index (χ3n) is 10.0. The van der Waals surface area contributed by atoms with E-state index < -0.39 is 64.5 Å². The van der Waals surface area contributed by atoms with Crippen molar-refractivity contribution < 1.29 is 57.4 Å². The van der Waals surface area contributed by atoms with E-state index in [1.165, 1.54) is 24.3 Å². The minimum absolute atomic E-state index is 0.0365. The molecule has 0 saturated carbocycles. The number of carboxylic acids is 1. The molecule has 294 valence electrons. The van der Waals surface area contributed by atoms with E-state index in [1.807, 2.05) is 48.5 Å². The first-order chi connectivity index (χ1) is 25.6. The number of nitrogens with zero attached hydrogens (tertiary/aromatic N) is 1. The summed E-state index contributed by atoms with van der Waals surface area (Å²) in [7, 11) is -3.27. The van der Waals surface area contributed by atoms with Crippen LogP contribution in [0.25, 0.3) is 0 Å². The zero-order valence-corrected chi connectivity index (χ0v) is 30.9. The predicted octanol–water partition coefficient (Wildman–Crippen LogP) is 3.15. The molecule has 2 fully saturated rings. The van der Waals surface area contributed by atoms with Gasteiger partial charge in [-0.2, -0.15) is 0 Å². The summed E-state index contributed by atoms with van der Waals surface area (Å²) in [5.74, 6) is -2.17. The van der Waals surface area contributed by atoms with Crippen LogP contribution in [0.15, 0.2) is 72.8 Å². The minimum Gasteiger partial charge on any atom is -0.479 e. The first-order valence-electron chi connectivity index (χ1n) is 18.0. The lowest BCUT2D eigenvalue weighted by atomic mass is 9.78. The Hall–Kier alpha value is -3.80. The zero-order valence-electron chi connectivity index (χ0n) is 30.1. The van der Waals surface area contributed by atoms with Gasteiger partial charge >= 0.3 is 5.97 Å². The third-order valence-corrected chi connectivity index (χ3v) is 10.7. The molecule has 5 rings (SSSR count). The highest BCUT2D eigenvalue weighted by Gasteiger charge is 2.48. The van der Waals surface area contributed by atoms with E-state index in [4.69, 9.17) is 9.47 Å². The zero-order chi connectivity index (χ0) is 39.0. The molecule has 3 aromatic rings. The highest BCUT2D eigenvalue weighted by molar-refractivity contribution is 7.88. The molecule has 2 saturated heterocycles. The first-order valence-corrected chi connectivity index (χ1v) is 19.9. The lowest BCUT2D eigenvalue weighted by molar-refractivity contribution is -0.238. The maximum absolute atomic E-state index is 13.7. The number of hydrogen-bond donors (Lipinski definition) is 6. The van der Waals surface area contributed by atoms with Crippen LogP contribution in [0, 0.1) is 11.7 Å². The van der Waals surface area contributed by atoms with Gasteiger partial charge in [0.25, 0.3) is 0 Å². The Morgan fingerprint density at radius 1 is 1.04 bits per heavy atom. The fourth-order valence-electron chi connectivity index (χ4n) is 6.89. The third kappa shape index (κ3) is 11.1. The van der Waals surface area contributed by atoms with E-state index in [0.29, 0.717) is 43.5 Å². The molecule has 0 spiro atoms. The Bertz CT molecular complexity index is 1810. The van der Waals surface area contributed by atoms with Crippen LogP contribution in [0.3, 0.4) is 0 Å². The molecule has 2 aliphatic heterocycles. The van der Waals surface area contributed by atoms with Crippen LogP contribution in [0.1, 0.15) is 72.9 Å². The van der Waals surface area contributed by atoms with Gasteiger partial charge < -0.3 is 39.9 Å². The van der Waals surface area contributed by atoms with Gasteiger partial charge in [-0.1, -0.05) is 48.5 Å². The Morgan fingerprint density at radius 2 is 1.69 bits per heavy atom. The van der Waals surface area contributed by atoms with Gasteiger partial charge in [0.15, 0.2) is 12.4 Å². The number of carbonyl (C=O) groups is 2. The van der Waals surface area contributed by atoms with E-state index in [2.05, 4.69) is 4.72 Å². The molecule has 7 atom stereocenters. The number of rotatable bonds is 19. The van der Waals surface area contributed by atoms with Gasteiger partial charge in [0, 0.05) is 25.1 Å². The summed E-state index contributed by atoms with van der Waals surface area (Å²) < 4.78 is 49.6. The number of aliphatic hydroxyl groups excluding tert-OH is 3. The maximum atomic E-state index is 13.7. The average Bonchev–Trinajstić information content (AvgIpc) is 3.14. The molecule has 6 N–H and O–H groups in total. The van der Waals surface area contributed by atoms with Crippen LogP contribution in [-0.2, 0) is 41.9 Å². The molecule has 0 aromatic heterocycles. The predicted molar refractivity (Wildman–Crippen MR) is 196 cm³/mol. The Morgan fingerprint density at radius 3 is 2.31 bits per heavy atom. The fraction of sp³-hybridized carbons (Fsp3) is 0.487. The van der Waals surface area contributed by atoms with Crippen LogP contribution in [-0.4, -0.2) is 95.9 Å². The van der Waals surface area contributed by atoms with Crippen LogP contribution in [0.2, 0.25) is 0 Å². The molecule has 1 amide bonds. The number of anilines is 1. The van der Waals surface area contributed by atoms with E-state index in [-0.39, 0.29) is 44.2 Å². The summed E-state index contributed by atoms with van der Waals surface area (Å²) in [4.78, 5) is 26.8.